The molecule has 24 heavy (non-hydrogen) atoms. The molecule has 124 valence electrons. The molecule has 3 aromatic rings. The third-order valence-corrected chi connectivity index (χ3v) is 5.93. The van der Waals surface area contributed by atoms with E-state index in [1.165, 1.54) is 27.6 Å². The van der Waals surface area contributed by atoms with Crippen molar-refractivity contribution in [3.63, 3.8) is 0 Å². The van der Waals surface area contributed by atoms with Gasteiger partial charge in [0.25, 0.3) is 0 Å². The van der Waals surface area contributed by atoms with E-state index in [0.717, 1.165) is 31.2 Å². The first kappa shape index (κ1) is 16.1. The molecule has 4 heteroatoms. The quantitative estimate of drug-likeness (QED) is 0.715. The summed E-state index contributed by atoms with van der Waals surface area (Å²) in [4.78, 5) is 2.60. The second kappa shape index (κ2) is 7.24. The van der Waals surface area contributed by atoms with Gasteiger partial charge in [0, 0.05) is 29.4 Å². The molecule has 0 saturated carbocycles. The van der Waals surface area contributed by atoms with Gasteiger partial charge < -0.3 is 5.32 Å². The Balaban J connectivity index is 1.83. The Morgan fingerprint density at radius 2 is 1.96 bits per heavy atom. The van der Waals surface area contributed by atoms with Crippen LogP contribution in [0, 0.1) is 0 Å². The smallest absolute Gasteiger partial charge is 0.0617 e. The van der Waals surface area contributed by atoms with Crippen LogP contribution in [0.4, 0.5) is 0 Å². The van der Waals surface area contributed by atoms with Gasteiger partial charge in [-0.1, -0.05) is 41.9 Å². The second-order valence-electron chi connectivity index (χ2n) is 6.28. The molecule has 2 heterocycles. The Kier molecular flexibility index (Phi) is 4.86. The zero-order valence-electron chi connectivity index (χ0n) is 13.5. The highest BCUT2D eigenvalue weighted by atomic mass is 35.5. The van der Waals surface area contributed by atoms with Crippen LogP contribution in [-0.2, 0) is 0 Å². The van der Waals surface area contributed by atoms with Crippen LogP contribution >= 0.6 is 22.9 Å². The Bertz CT molecular complexity index is 821. The second-order valence-corrected chi connectivity index (χ2v) is 7.63. The molecule has 0 amide bonds. The average molecular weight is 357 g/mol. The number of benzene rings is 2. The van der Waals surface area contributed by atoms with E-state index in [1.54, 1.807) is 0 Å². The molecular weight excluding hydrogens is 336 g/mol. The fourth-order valence-electron chi connectivity index (χ4n) is 3.60. The molecule has 2 aromatic carbocycles. The van der Waals surface area contributed by atoms with Crippen molar-refractivity contribution in [2.45, 2.75) is 12.5 Å². The molecule has 1 fully saturated rings. The molecule has 1 unspecified atom stereocenters. The minimum absolute atomic E-state index is 0.264. The first-order chi connectivity index (χ1) is 11.8. The number of fused-ring (bicyclic) bond motifs is 1. The third-order valence-electron chi connectivity index (χ3n) is 4.71. The molecule has 0 aliphatic carbocycles. The Labute approximate surface area is 152 Å². The van der Waals surface area contributed by atoms with Crippen LogP contribution < -0.4 is 5.32 Å². The van der Waals surface area contributed by atoms with Crippen molar-refractivity contribution in [2.24, 2.45) is 0 Å². The largest absolute Gasteiger partial charge is 0.315 e. The van der Waals surface area contributed by atoms with Gasteiger partial charge >= 0.3 is 0 Å². The van der Waals surface area contributed by atoms with Crippen molar-refractivity contribution in [1.82, 2.24) is 10.2 Å². The van der Waals surface area contributed by atoms with Crippen molar-refractivity contribution in [2.75, 3.05) is 26.2 Å². The molecule has 1 aromatic heterocycles. The van der Waals surface area contributed by atoms with Gasteiger partial charge in [-0.25, -0.2) is 0 Å². The highest BCUT2D eigenvalue weighted by molar-refractivity contribution is 7.17. The number of nitrogens with zero attached hydrogens (tertiary/aromatic N) is 1. The lowest BCUT2D eigenvalue weighted by molar-refractivity contribution is 0.242. The SMILES string of the molecule is Clc1cccc(C(c2csc3ccccc23)N2CCCNCC2)c1. The summed E-state index contributed by atoms with van der Waals surface area (Å²) in [6.45, 7) is 4.30. The first-order valence-electron chi connectivity index (χ1n) is 8.49. The lowest BCUT2D eigenvalue weighted by Crippen LogP contribution is -2.32. The van der Waals surface area contributed by atoms with Gasteiger partial charge in [0.15, 0.2) is 0 Å². The van der Waals surface area contributed by atoms with E-state index in [-0.39, 0.29) is 6.04 Å². The van der Waals surface area contributed by atoms with Crippen LogP contribution in [0.3, 0.4) is 0 Å². The van der Waals surface area contributed by atoms with E-state index < -0.39 is 0 Å². The summed E-state index contributed by atoms with van der Waals surface area (Å²) in [5, 5.41) is 8.02. The number of halogens is 1. The zero-order valence-corrected chi connectivity index (χ0v) is 15.1. The summed E-state index contributed by atoms with van der Waals surface area (Å²) in [5.74, 6) is 0. The summed E-state index contributed by atoms with van der Waals surface area (Å²) >= 11 is 8.15. The molecule has 1 aliphatic heterocycles. The number of hydrogen-bond donors (Lipinski definition) is 1. The van der Waals surface area contributed by atoms with Gasteiger partial charge in [0.2, 0.25) is 0 Å². The Hall–Kier alpha value is -1.39. The molecule has 1 atom stereocenters. The lowest BCUT2D eigenvalue weighted by Gasteiger charge is -2.31. The van der Waals surface area contributed by atoms with Gasteiger partial charge in [-0.2, -0.15) is 0 Å². The molecule has 1 saturated heterocycles. The molecule has 0 bridgehead atoms. The van der Waals surface area contributed by atoms with Crippen LogP contribution in [0.1, 0.15) is 23.6 Å². The fourth-order valence-corrected chi connectivity index (χ4v) is 4.78. The highest BCUT2D eigenvalue weighted by Gasteiger charge is 2.25. The summed E-state index contributed by atoms with van der Waals surface area (Å²) in [7, 11) is 0. The van der Waals surface area contributed by atoms with E-state index in [0.29, 0.717) is 0 Å². The summed E-state index contributed by atoms with van der Waals surface area (Å²) in [6, 6.07) is 17.3. The van der Waals surface area contributed by atoms with Crippen LogP contribution in [0.2, 0.25) is 5.02 Å². The maximum absolute atomic E-state index is 6.31. The van der Waals surface area contributed by atoms with Crippen molar-refractivity contribution in [1.29, 1.82) is 0 Å². The van der Waals surface area contributed by atoms with Crippen molar-refractivity contribution in [3.05, 3.63) is 70.1 Å². The summed E-state index contributed by atoms with van der Waals surface area (Å²) < 4.78 is 1.35. The van der Waals surface area contributed by atoms with E-state index in [1.807, 2.05) is 17.4 Å². The van der Waals surface area contributed by atoms with Crippen LogP contribution in [0.25, 0.3) is 10.1 Å². The average Bonchev–Trinajstić information content (AvgIpc) is 2.83. The molecule has 2 nitrogen and oxygen atoms in total. The van der Waals surface area contributed by atoms with Crippen LogP contribution in [-0.4, -0.2) is 31.1 Å². The predicted octanol–water partition coefficient (Wildman–Crippen LogP) is 4.94. The molecule has 1 aliphatic rings. The molecule has 1 N–H and O–H groups in total. The van der Waals surface area contributed by atoms with Crippen molar-refractivity contribution < 1.29 is 0 Å². The third kappa shape index (κ3) is 3.22. The van der Waals surface area contributed by atoms with E-state index in [4.69, 9.17) is 11.6 Å². The Morgan fingerprint density at radius 1 is 1.04 bits per heavy atom. The van der Waals surface area contributed by atoms with Gasteiger partial charge in [-0.3, -0.25) is 4.90 Å². The van der Waals surface area contributed by atoms with Gasteiger partial charge in [0.1, 0.15) is 0 Å². The first-order valence-corrected chi connectivity index (χ1v) is 9.75. The number of hydrogen-bond acceptors (Lipinski definition) is 3. The zero-order chi connectivity index (χ0) is 16.4. The standard InChI is InChI=1S/C20H21ClN2S/c21-16-6-3-5-15(13-16)20(23-11-4-9-22-10-12-23)18-14-24-19-8-2-1-7-17(18)19/h1-3,5-8,13-14,20,22H,4,9-12H2. The highest BCUT2D eigenvalue weighted by Crippen LogP contribution is 2.37. The number of rotatable bonds is 3. The summed E-state index contributed by atoms with van der Waals surface area (Å²) in [5.41, 5.74) is 2.69. The normalized spacial score (nSPS) is 17.7. The summed E-state index contributed by atoms with van der Waals surface area (Å²) in [6.07, 6.45) is 1.18. The monoisotopic (exact) mass is 356 g/mol. The van der Waals surface area contributed by atoms with Gasteiger partial charge in [-0.15, -0.1) is 11.3 Å². The number of nitrogens with one attached hydrogen (secondary N) is 1. The van der Waals surface area contributed by atoms with E-state index in [2.05, 4.69) is 58.1 Å². The molecule has 4 rings (SSSR count). The fraction of sp³-hybridized carbons (Fsp3) is 0.300. The van der Waals surface area contributed by atoms with Gasteiger partial charge in [-0.05, 0) is 53.1 Å². The minimum Gasteiger partial charge on any atom is -0.315 e. The van der Waals surface area contributed by atoms with Crippen molar-refractivity contribution in [3.8, 4) is 0 Å². The maximum Gasteiger partial charge on any atom is 0.0617 e. The Morgan fingerprint density at radius 3 is 2.88 bits per heavy atom. The lowest BCUT2D eigenvalue weighted by atomic mass is 9.96. The number of thiophene rings is 1. The maximum atomic E-state index is 6.31. The molecule has 0 spiro atoms. The van der Waals surface area contributed by atoms with Crippen molar-refractivity contribution >= 4 is 33.0 Å². The van der Waals surface area contributed by atoms with Crippen LogP contribution in [0.15, 0.2) is 53.9 Å². The van der Waals surface area contributed by atoms with E-state index >= 15 is 0 Å². The van der Waals surface area contributed by atoms with Crippen LogP contribution in [0.5, 0.6) is 0 Å². The topological polar surface area (TPSA) is 15.3 Å². The van der Waals surface area contributed by atoms with E-state index in [9.17, 15) is 0 Å². The molecular formula is C20H21ClN2S. The minimum atomic E-state index is 0.264. The van der Waals surface area contributed by atoms with Gasteiger partial charge in [0.05, 0.1) is 6.04 Å². The molecule has 0 radical (unpaired) electrons. The predicted molar refractivity (Wildman–Crippen MR) is 104 cm³/mol.